The van der Waals surface area contributed by atoms with E-state index in [1.165, 1.54) is 5.56 Å². The number of amides is 1. The molecule has 0 radical (unpaired) electrons. The number of fused-ring (bicyclic) bond motifs is 1. The molecule has 1 aliphatic heterocycles. The summed E-state index contributed by atoms with van der Waals surface area (Å²) in [5.41, 5.74) is 4.15. The van der Waals surface area contributed by atoms with Gasteiger partial charge < -0.3 is 14.6 Å². The Labute approximate surface area is 117 Å². The first-order chi connectivity index (χ1) is 9.79. The molecule has 2 aromatic rings. The number of rotatable bonds is 3. The summed E-state index contributed by atoms with van der Waals surface area (Å²) in [5.74, 6) is 0.0396. The van der Waals surface area contributed by atoms with Gasteiger partial charge in [-0.05, 0) is 35.2 Å². The average molecular weight is 271 g/mol. The van der Waals surface area contributed by atoms with E-state index in [1.54, 1.807) is 19.4 Å². The molecule has 0 saturated heterocycles. The zero-order valence-corrected chi connectivity index (χ0v) is 11.4. The van der Waals surface area contributed by atoms with Crippen LogP contribution in [0, 0.1) is 0 Å². The number of pyridine rings is 1. The van der Waals surface area contributed by atoms with Gasteiger partial charge in [-0.1, -0.05) is 0 Å². The summed E-state index contributed by atoms with van der Waals surface area (Å²) in [6.07, 6.45) is 6.32. The predicted octanol–water partition coefficient (Wildman–Crippen LogP) is 1.75. The molecule has 0 spiro atoms. The molecule has 0 aliphatic carbocycles. The van der Waals surface area contributed by atoms with Crippen molar-refractivity contribution in [1.82, 2.24) is 14.9 Å². The minimum atomic E-state index is 0.0396. The number of methoxy groups -OCH3 is 1. The first kappa shape index (κ1) is 12.9. The Morgan fingerprint density at radius 3 is 3.15 bits per heavy atom. The maximum atomic E-state index is 12.3. The van der Waals surface area contributed by atoms with Crippen LogP contribution in [0.3, 0.4) is 0 Å². The van der Waals surface area contributed by atoms with Gasteiger partial charge in [0.1, 0.15) is 5.69 Å². The number of aromatic amines is 1. The Balaban J connectivity index is 1.82. The Hall–Kier alpha value is -2.14. The van der Waals surface area contributed by atoms with Crippen LogP contribution in [0.1, 0.15) is 27.2 Å². The molecule has 3 heterocycles. The normalized spacial score (nSPS) is 14.2. The highest BCUT2D eigenvalue weighted by molar-refractivity contribution is 5.92. The standard InChI is InChI=1S/C15H17N3O2/c1-20-10-12-8-16-7-11-9-18(6-4-13(11)12)15(19)14-3-2-5-17-14/h2-3,5,7-8,17H,4,6,9-10H2,1H3. The zero-order valence-electron chi connectivity index (χ0n) is 11.4. The van der Waals surface area contributed by atoms with Crippen molar-refractivity contribution >= 4 is 5.91 Å². The third-order valence-corrected chi connectivity index (χ3v) is 3.64. The van der Waals surface area contributed by atoms with Crippen molar-refractivity contribution < 1.29 is 9.53 Å². The molecule has 1 N–H and O–H groups in total. The monoisotopic (exact) mass is 271 g/mol. The summed E-state index contributed by atoms with van der Waals surface area (Å²) in [4.78, 5) is 21.4. The summed E-state index contributed by atoms with van der Waals surface area (Å²) in [7, 11) is 1.68. The molecule has 0 atom stereocenters. The van der Waals surface area contributed by atoms with Crippen molar-refractivity contribution in [2.75, 3.05) is 13.7 Å². The fourth-order valence-electron chi connectivity index (χ4n) is 2.66. The van der Waals surface area contributed by atoms with Crippen molar-refractivity contribution in [2.24, 2.45) is 0 Å². The molecule has 2 aromatic heterocycles. The first-order valence-electron chi connectivity index (χ1n) is 6.66. The number of aromatic nitrogens is 2. The van der Waals surface area contributed by atoms with Crippen LogP contribution in [-0.2, 0) is 24.3 Å². The lowest BCUT2D eigenvalue weighted by Gasteiger charge is -2.29. The fourth-order valence-corrected chi connectivity index (χ4v) is 2.66. The molecule has 5 heteroatoms. The first-order valence-corrected chi connectivity index (χ1v) is 6.66. The van der Waals surface area contributed by atoms with E-state index in [-0.39, 0.29) is 5.91 Å². The number of nitrogens with one attached hydrogen (secondary N) is 1. The Morgan fingerprint density at radius 1 is 1.50 bits per heavy atom. The molecular formula is C15H17N3O2. The minimum absolute atomic E-state index is 0.0396. The molecule has 5 nitrogen and oxygen atoms in total. The van der Waals surface area contributed by atoms with Crippen molar-refractivity contribution in [3.8, 4) is 0 Å². The maximum Gasteiger partial charge on any atom is 0.270 e. The summed E-state index contributed by atoms with van der Waals surface area (Å²) in [6.45, 7) is 1.91. The Kier molecular flexibility index (Phi) is 3.52. The fraction of sp³-hybridized carbons (Fsp3) is 0.333. The van der Waals surface area contributed by atoms with Gasteiger partial charge in [0.05, 0.1) is 6.61 Å². The number of hydrogen-bond acceptors (Lipinski definition) is 3. The van der Waals surface area contributed by atoms with E-state index in [1.807, 2.05) is 23.4 Å². The second kappa shape index (κ2) is 5.46. The number of nitrogens with zero attached hydrogens (tertiary/aromatic N) is 2. The highest BCUT2D eigenvalue weighted by atomic mass is 16.5. The van der Waals surface area contributed by atoms with E-state index in [2.05, 4.69) is 9.97 Å². The third-order valence-electron chi connectivity index (χ3n) is 3.64. The van der Waals surface area contributed by atoms with E-state index >= 15 is 0 Å². The van der Waals surface area contributed by atoms with E-state index in [4.69, 9.17) is 4.74 Å². The number of hydrogen-bond donors (Lipinski definition) is 1. The average Bonchev–Trinajstić information content (AvgIpc) is 3.01. The van der Waals surface area contributed by atoms with Crippen molar-refractivity contribution in [3.05, 3.63) is 53.1 Å². The van der Waals surface area contributed by atoms with Gasteiger partial charge in [0.2, 0.25) is 0 Å². The van der Waals surface area contributed by atoms with Crippen LogP contribution in [0.2, 0.25) is 0 Å². The topological polar surface area (TPSA) is 58.2 Å². The van der Waals surface area contributed by atoms with Crippen LogP contribution in [0.4, 0.5) is 0 Å². The number of carbonyl (C=O) groups excluding carboxylic acids is 1. The SMILES string of the molecule is COCc1cncc2c1CCN(C(=O)c1ccc[nH]1)C2. The molecule has 20 heavy (non-hydrogen) atoms. The lowest BCUT2D eigenvalue weighted by atomic mass is 9.97. The third kappa shape index (κ3) is 2.32. The maximum absolute atomic E-state index is 12.3. The van der Waals surface area contributed by atoms with E-state index < -0.39 is 0 Å². The van der Waals surface area contributed by atoms with Crippen LogP contribution < -0.4 is 0 Å². The molecule has 1 amide bonds. The van der Waals surface area contributed by atoms with Gasteiger partial charge in [-0.3, -0.25) is 9.78 Å². The van der Waals surface area contributed by atoms with Crippen LogP contribution in [0.5, 0.6) is 0 Å². The smallest absolute Gasteiger partial charge is 0.270 e. The molecule has 0 saturated carbocycles. The van der Waals surface area contributed by atoms with Crippen LogP contribution in [-0.4, -0.2) is 34.4 Å². The molecular weight excluding hydrogens is 254 g/mol. The van der Waals surface area contributed by atoms with Crippen molar-refractivity contribution in [2.45, 2.75) is 19.6 Å². The summed E-state index contributed by atoms with van der Waals surface area (Å²) >= 11 is 0. The van der Waals surface area contributed by atoms with Crippen molar-refractivity contribution in [1.29, 1.82) is 0 Å². The van der Waals surface area contributed by atoms with Gasteiger partial charge in [0.25, 0.3) is 5.91 Å². The quantitative estimate of drug-likeness (QED) is 0.925. The number of ether oxygens (including phenoxy) is 1. The summed E-state index contributed by atoms with van der Waals surface area (Å²) in [5, 5.41) is 0. The number of carbonyl (C=O) groups is 1. The highest BCUT2D eigenvalue weighted by Crippen LogP contribution is 2.23. The summed E-state index contributed by atoms with van der Waals surface area (Å²) < 4.78 is 5.20. The lowest BCUT2D eigenvalue weighted by molar-refractivity contribution is 0.0728. The van der Waals surface area contributed by atoms with Gasteiger partial charge in [0, 0.05) is 38.8 Å². The summed E-state index contributed by atoms with van der Waals surface area (Å²) in [6, 6.07) is 3.64. The van der Waals surface area contributed by atoms with Gasteiger partial charge >= 0.3 is 0 Å². The molecule has 0 unspecified atom stereocenters. The van der Waals surface area contributed by atoms with Gasteiger partial charge in [-0.25, -0.2) is 0 Å². The van der Waals surface area contributed by atoms with Crippen LogP contribution in [0.25, 0.3) is 0 Å². The molecule has 104 valence electrons. The zero-order chi connectivity index (χ0) is 13.9. The molecule has 1 aliphatic rings. The van der Waals surface area contributed by atoms with E-state index in [0.717, 1.165) is 24.1 Å². The van der Waals surface area contributed by atoms with Crippen LogP contribution in [0.15, 0.2) is 30.7 Å². The second-order valence-corrected chi connectivity index (χ2v) is 4.93. The molecule has 0 aromatic carbocycles. The van der Waals surface area contributed by atoms with Gasteiger partial charge in [-0.15, -0.1) is 0 Å². The predicted molar refractivity (Wildman–Crippen MR) is 74.2 cm³/mol. The Morgan fingerprint density at radius 2 is 2.40 bits per heavy atom. The van der Waals surface area contributed by atoms with Gasteiger partial charge in [0.15, 0.2) is 0 Å². The lowest BCUT2D eigenvalue weighted by Crippen LogP contribution is -2.36. The van der Waals surface area contributed by atoms with E-state index in [9.17, 15) is 4.79 Å². The Bertz CT molecular complexity index is 608. The van der Waals surface area contributed by atoms with Gasteiger partial charge in [-0.2, -0.15) is 0 Å². The van der Waals surface area contributed by atoms with Crippen LogP contribution >= 0.6 is 0 Å². The molecule has 0 fully saturated rings. The minimum Gasteiger partial charge on any atom is -0.380 e. The molecule has 0 bridgehead atoms. The number of H-pyrrole nitrogens is 1. The second-order valence-electron chi connectivity index (χ2n) is 4.93. The van der Waals surface area contributed by atoms with E-state index in [0.29, 0.717) is 18.8 Å². The largest absolute Gasteiger partial charge is 0.380 e. The molecule has 3 rings (SSSR count). The van der Waals surface area contributed by atoms with Crippen molar-refractivity contribution in [3.63, 3.8) is 0 Å². The highest BCUT2D eigenvalue weighted by Gasteiger charge is 2.23.